The summed E-state index contributed by atoms with van der Waals surface area (Å²) in [5, 5.41) is 16.7. The van der Waals surface area contributed by atoms with Crippen molar-refractivity contribution in [3.63, 3.8) is 0 Å². The van der Waals surface area contributed by atoms with Crippen molar-refractivity contribution in [1.29, 1.82) is 0 Å². The maximum absolute atomic E-state index is 12.7. The number of anilines is 1. The van der Waals surface area contributed by atoms with E-state index in [1.807, 2.05) is 0 Å². The largest absolute Gasteiger partial charge is 0.494 e. The number of carbonyl (C=O) groups excluding carboxylic acids is 1. The Balaban J connectivity index is 1.46. The number of para-hydroxylation sites is 1. The maximum atomic E-state index is 12.7. The summed E-state index contributed by atoms with van der Waals surface area (Å²) in [6.45, 7) is 3.03. The molecule has 3 aromatic rings. The van der Waals surface area contributed by atoms with Crippen molar-refractivity contribution in [3.8, 4) is 17.2 Å². The number of hydrogen-bond acceptors (Lipinski definition) is 7. The van der Waals surface area contributed by atoms with Gasteiger partial charge in [-0.1, -0.05) is 24.6 Å². The third-order valence-electron chi connectivity index (χ3n) is 4.41. The van der Waals surface area contributed by atoms with Gasteiger partial charge in [0.2, 0.25) is 5.82 Å². The fourth-order valence-electron chi connectivity index (χ4n) is 2.86. The van der Waals surface area contributed by atoms with E-state index < -0.39 is 6.10 Å². The van der Waals surface area contributed by atoms with Gasteiger partial charge in [-0.25, -0.2) is 0 Å². The fraction of sp³-hybridized carbons (Fsp3) is 0.300. The molecular formula is C20H21N5O4. The number of nitrogens with one attached hydrogen (secondary N) is 2. The number of ether oxygens (including phenoxy) is 3. The summed E-state index contributed by atoms with van der Waals surface area (Å²) in [4.78, 5) is 12.7. The van der Waals surface area contributed by atoms with Crippen LogP contribution in [-0.4, -0.2) is 39.7 Å². The Morgan fingerprint density at radius 2 is 2.14 bits per heavy atom. The second-order valence-corrected chi connectivity index (χ2v) is 6.50. The number of carbonyl (C=O) groups is 1. The second-order valence-electron chi connectivity index (χ2n) is 6.50. The minimum Gasteiger partial charge on any atom is -0.494 e. The van der Waals surface area contributed by atoms with E-state index in [0.29, 0.717) is 35.2 Å². The molecule has 1 aliphatic rings. The highest BCUT2D eigenvalue weighted by atomic mass is 16.6. The minimum absolute atomic E-state index is 0.253. The van der Waals surface area contributed by atoms with Gasteiger partial charge in [-0.05, 0) is 42.8 Å². The van der Waals surface area contributed by atoms with Crippen molar-refractivity contribution in [2.45, 2.75) is 25.9 Å². The smallest absolute Gasteiger partial charge is 0.255 e. The highest BCUT2D eigenvalue weighted by molar-refractivity contribution is 6.05. The van der Waals surface area contributed by atoms with E-state index in [1.165, 1.54) is 0 Å². The van der Waals surface area contributed by atoms with Crippen LogP contribution < -0.4 is 19.5 Å². The van der Waals surface area contributed by atoms with Crippen molar-refractivity contribution in [2.75, 3.05) is 18.5 Å². The summed E-state index contributed by atoms with van der Waals surface area (Å²) in [7, 11) is 0. The Bertz CT molecular complexity index is 960. The Labute approximate surface area is 167 Å². The van der Waals surface area contributed by atoms with Gasteiger partial charge in [0, 0.05) is 5.56 Å². The van der Waals surface area contributed by atoms with Gasteiger partial charge in [0.25, 0.3) is 5.91 Å². The molecule has 9 heteroatoms. The SMILES string of the molecule is CCCCOc1ccc(C(=O)Nc2cccc3c2OC(c2nn[nH]n2)CO3)cc1. The summed E-state index contributed by atoms with van der Waals surface area (Å²) >= 11 is 0. The number of hydrogen-bond donors (Lipinski definition) is 2. The quantitative estimate of drug-likeness (QED) is 0.591. The van der Waals surface area contributed by atoms with Gasteiger partial charge in [-0.2, -0.15) is 5.21 Å². The highest BCUT2D eigenvalue weighted by Crippen LogP contribution is 2.41. The van der Waals surface area contributed by atoms with Crippen molar-refractivity contribution in [3.05, 3.63) is 53.9 Å². The summed E-state index contributed by atoms with van der Waals surface area (Å²) in [5.74, 6) is 1.84. The van der Waals surface area contributed by atoms with E-state index in [4.69, 9.17) is 14.2 Å². The molecular weight excluding hydrogens is 374 g/mol. The van der Waals surface area contributed by atoms with Crippen molar-refractivity contribution >= 4 is 11.6 Å². The van der Waals surface area contributed by atoms with E-state index in [0.717, 1.165) is 18.6 Å². The van der Waals surface area contributed by atoms with Gasteiger partial charge in [0.05, 0.1) is 12.3 Å². The Morgan fingerprint density at radius 1 is 1.28 bits per heavy atom. The van der Waals surface area contributed by atoms with E-state index in [9.17, 15) is 4.79 Å². The Morgan fingerprint density at radius 3 is 2.90 bits per heavy atom. The number of aromatic amines is 1. The number of nitrogens with zero attached hydrogens (tertiary/aromatic N) is 3. The molecule has 150 valence electrons. The van der Waals surface area contributed by atoms with Crippen LogP contribution in [0, 0.1) is 0 Å². The summed E-state index contributed by atoms with van der Waals surface area (Å²) in [6, 6.07) is 12.3. The first-order valence-electron chi connectivity index (χ1n) is 9.44. The molecule has 2 N–H and O–H groups in total. The van der Waals surface area contributed by atoms with Gasteiger partial charge in [0.1, 0.15) is 12.4 Å². The third-order valence-corrected chi connectivity index (χ3v) is 4.41. The van der Waals surface area contributed by atoms with Crippen molar-refractivity contribution < 1.29 is 19.0 Å². The standard InChI is InChI=1S/C20H21N5O4/c1-2-3-11-27-14-9-7-13(8-10-14)20(26)21-15-5-4-6-16-18(15)29-17(12-28-16)19-22-24-25-23-19/h4-10,17H,2-3,11-12H2,1H3,(H,21,26)(H,22,23,24,25). The normalized spacial score (nSPS) is 15.0. The average Bonchev–Trinajstić information content (AvgIpc) is 3.29. The number of benzene rings is 2. The number of amides is 1. The topological polar surface area (TPSA) is 111 Å². The lowest BCUT2D eigenvalue weighted by Crippen LogP contribution is -2.24. The Hall–Kier alpha value is -3.62. The van der Waals surface area contributed by atoms with Gasteiger partial charge in [-0.15, -0.1) is 10.2 Å². The number of tetrazole rings is 1. The average molecular weight is 395 g/mol. The molecule has 0 aliphatic carbocycles. The van der Waals surface area contributed by atoms with Gasteiger partial charge in [-0.3, -0.25) is 4.79 Å². The van der Waals surface area contributed by atoms with E-state index in [1.54, 1.807) is 42.5 Å². The molecule has 2 aromatic carbocycles. The van der Waals surface area contributed by atoms with E-state index >= 15 is 0 Å². The molecule has 2 heterocycles. The second kappa shape index (κ2) is 8.59. The van der Waals surface area contributed by atoms with Crippen LogP contribution in [0.2, 0.25) is 0 Å². The van der Waals surface area contributed by atoms with Crippen molar-refractivity contribution in [1.82, 2.24) is 20.6 Å². The fourth-order valence-corrected chi connectivity index (χ4v) is 2.86. The first-order valence-corrected chi connectivity index (χ1v) is 9.44. The molecule has 0 bridgehead atoms. The van der Waals surface area contributed by atoms with Crippen LogP contribution in [0.1, 0.15) is 42.1 Å². The zero-order chi connectivity index (χ0) is 20.1. The molecule has 0 saturated heterocycles. The molecule has 4 rings (SSSR count). The molecule has 9 nitrogen and oxygen atoms in total. The maximum Gasteiger partial charge on any atom is 0.255 e. The minimum atomic E-state index is -0.515. The van der Waals surface area contributed by atoms with E-state index in [-0.39, 0.29) is 12.5 Å². The molecule has 29 heavy (non-hydrogen) atoms. The molecule has 1 aromatic heterocycles. The molecule has 1 atom stereocenters. The van der Waals surface area contributed by atoms with Gasteiger partial charge >= 0.3 is 0 Å². The van der Waals surface area contributed by atoms with E-state index in [2.05, 4.69) is 32.9 Å². The number of aromatic nitrogens is 4. The summed E-state index contributed by atoms with van der Waals surface area (Å²) in [6.07, 6.45) is 1.55. The van der Waals surface area contributed by atoms with Crippen molar-refractivity contribution in [2.24, 2.45) is 0 Å². The molecule has 1 amide bonds. The van der Waals surface area contributed by atoms with Crippen LogP contribution in [0.4, 0.5) is 5.69 Å². The number of fused-ring (bicyclic) bond motifs is 1. The van der Waals surface area contributed by atoms with Crippen LogP contribution in [0.25, 0.3) is 0 Å². The number of H-pyrrole nitrogens is 1. The van der Waals surface area contributed by atoms with Crippen LogP contribution >= 0.6 is 0 Å². The first kappa shape index (κ1) is 18.7. The monoisotopic (exact) mass is 395 g/mol. The summed E-state index contributed by atoms with van der Waals surface area (Å²) in [5.41, 5.74) is 1.01. The van der Waals surface area contributed by atoms with Crippen LogP contribution in [0.3, 0.4) is 0 Å². The zero-order valence-corrected chi connectivity index (χ0v) is 15.9. The molecule has 0 saturated carbocycles. The molecule has 0 radical (unpaired) electrons. The van der Waals surface area contributed by atoms with Gasteiger partial charge in [0.15, 0.2) is 17.6 Å². The lowest BCUT2D eigenvalue weighted by atomic mass is 10.2. The van der Waals surface area contributed by atoms with Gasteiger partial charge < -0.3 is 19.5 Å². The van der Waals surface area contributed by atoms with Crippen LogP contribution in [0.15, 0.2) is 42.5 Å². The predicted molar refractivity (Wildman–Crippen MR) is 104 cm³/mol. The Kier molecular flexibility index (Phi) is 5.55. The lowest BCUT2D eigenvalue weighted by Gasteiger charge is -2.26. The molecule has 1 unspecified atom stereocenters. The number of rotatable bonds is 7. The predicted octanol–water partition coefficient (Wildman–Crippen LogP) is 3.14. The third kappa shape index (κ3) is 4.29. The molecule has 0 fully saturated rings. The summed E-state index contributed by atoms with van der Waals surface area (Å²) < 4.78 is 17.3. The lowest BCUT2D eigenvalue weighted by molar-refractivity contribution is 0.0856. The molecule has 1 aliphatic heterocycles. The highest BCUT2D eigenvalue weighted by Gasteiger charge is 2.28. The van der Waals surface area contributed by atoms with Crippen LogP contribution in [0.5, 0.6) is 17.2 Å². The molecule has 0 spiro atoms. The van der Waals surface area contributed by atoms with Crippen LogP contribution in [-0.2, 0) is 0 Å². The number of unbranched alkanes of at least 4 members (excludes halogenated alkanes) is 1. The first-order chi connectivity index (χ1) is 14.2. The zero-order valence-electron chi connectivity index (χ0n) is 15.9.